The number of carbonyl (C=O) groups is 1. The Labute approximate surface area is 120 Å². The molecule has 1 aliphatic rings. The quantitative estimate of drug-likeness (QED) is 0.801. The zero-order valence-electron chi connectivity index (χ0n) is 12.3. The fourth-order valence-electron chi connectivity index (χ4n) is 2.23. The lowest BCUT2D eigenvalue weighted by molar-refractivity contribution is -0.123. The highest BCUT2D eigenvalue weighted by molar-refractivity contribution is 5.78. The van der Waals surface area contributed by atoms with Crippen molar-refractivity contribution < 1.29 is 9.53 Å². The lowest BCUT2D eigenvalue weighted by Crippen LogP contribution is -2.43. The molecule has 1 fully saturated rings. The van der Waals surface area contributed by atoms with E-state index in [9.17, 15) is 4.79 Å². The number of nitrogens with one attached hydrogen (secondary N) is 1. The molecule has 0 aromatic heterocycles. The van der Waals surface area contributed by atoms with Gasteiger partial charge in [0.05, 0.1) is 0 Å². The minimum Gasteiger partial charge on any atom is -0.484 e. The van der Waals surface area contributed by atoms with Crippen LogP contribution in [0.25, 0.3) is 0 Å². The standard InChI is InChI=1S/C16H24N2O2/c1-11(2)13-4-3-5-14(8-13)20-10-16(19)18-15(9-17)12-6-7-12/h3-5,8,11-12,15H,6-7,9-10,17H2,1-2H3,(H,18,19). The molecule has 1 unspecified atom stereocenters. The van der Waals surface area contributed by atoms with Crippen molar-refractivity contribution >= 4 is 5.91 Å². The summed E-state index contributed by atoms with van der Waals surface area (Å²) in [5, 5.41) is 2.95. The maximum atomic E-state index is 11.8. The predicted octanol–water partition coefficient (Wildman–Crippen LogP) is 2.04. The molecule has 3 N–H and O–H groups in total. The Morgan fingerprint density at radius 3 is 2.80 bits per heavy atom. The first-order chi connectivity index (χ1) is 9.60. The molecule has 0 radical (unpaired) electrons. The Morgan fingerprint density at radius 1 is 1.45 bits per heavy atom. The van der Waals surface area contributed by atoms with Gasteiger partial charge in [0.15, 0.2) is 6.61 Å². The van der Waals surface area contributed by atoms with Gasteiger partial charge in [-0.15, -0.1) is 0 Å². The first kappa shape index (κ1) is 14.9. The molecular weight excluding hydrogens is 252 g/mol. The Balaban J connectivity index is 1.82. The first-order valence-corrected chi connectivity index (χ1v) is 7.32. The van der Waals surface area contributed by atoms with Gasteiger partial charge in [0.1, 0.15) is 5.75 Å². The second-order valence-electron chi connectivity index (χ2n) is 5.76. The second kappa shape index (κ2) is 6.75. The third-order valence-electron chi connectivity index (χ3n) is 3.69. The van der Waals surface area contributed by atoms with Crippen LogP contribution in [0.15, 0.2) is 24.3 Å². The molecule has 110 valence electrons. The Bertz CT molecular complexity index is 456. The second-order valence-corrected chi connectivity index (χ2v) is 5.76. The van der Waals surface area contributed by atoms with E-state index >= 15 is 0 Å². The van der Waals surface area contributed by atoms with Crippen molar-refractivity contribution in [1.82, 2.24) is 5.32 Å². The number of hydrogen-bond donors (Lipinski definition) is 2. The summed E-state index contributed by atoms with van der Waals surface area (Å²) in [7, 11) is 0. The molecule has 4 heteroatoms. The first-order valence-electron chi connectivity index (χ1n) is 7.32. The molecule has 1 atom stereocenters. The fraction of sp³-hybridized carbons (Fsp3) is 0.562. The maximum absolute atomic E-state index is 11.8. The van der Waals surface area contributed by atoms with Gasteiger partial charge in [0, 0.05) is 12.6 Å². The van der Waals surface area contributed by atoms with E-state index in [1.807, 2.05) is 18.2 Å². The van der Waals surface area contributed by atoms with Crippen LogP contribution in [-0.2, 0) is 4.79 Å². The van der Waals surface area contributed by atoms with Crippen LogP contribution in [-0.4, -0.2) is 25.1 Å². The zero-order chi connectivity index (χ0) is 14.5. The van der Waals surface area contributed by atoms with Crippen LogP contribution in [0.1, 0.15) is 38.2 Å². The Kier molecular flexibility index (Phi) is 5.01. The molecule has 1 aromatic rings. The highest BCUT2D eigenvalue weighted by atomic mass is 16.5. The topological polar surface area (TPSA) is 64.3 Å². The maximum Gasteiger partial charge on any atom is 0.258 e. The average molecular weight is 276 g/mol. The largest absolute Gasteiger partial charge is 0.484 e. The van der Waals surface area contributed by atoms with E-state index in [1.165, 1.54) is 18.4 Å². The highest BCUT2D eigenvalue weighted by Crippen LogP contribution is 2.32. The molecular formula is C16H24N2O2. The van der Waals surface area contributed by atoms with E-state index in [4.69, 9.17) is 10.5 Å². The van der Waals surface area contributed by atoms with Gasteiger partial charge in [0.2, 0.25) is 0 Å². The van der Waals surface area contributed by atoms with Crippen LogP contribution in [0.5, 0.6) is 5.75 Å². The van der Waals surface area contributed by atoms with E-state index in [-0.39, 0.29) is 18.6 Å². The van der Waals surface area contributed by atoms with Gasteiger partial charge in [-0.3, -0.25) is 4.79 Å². The van der Waals surface area contributed by atoms with Gasteiger partial charge in [-0.05, 0) is 42.4 Å². The van der Waals surface area contributed by atoms with Gasteiger partial charge in [0.25, 0.3) is 5.91 Å². The third-order valence-corrected chi connectivity index (χ3v) is 3.69. The summed E-state index contributed by atoms with van der Waals surface area (Å²) in [5.41, 5.74) is 6.88. The van der Waals surface area contributed by atoms with Crippen molar-refractivity contribution in [2.45, 2.75) is 38.6 Å². The number of nitrogens with two attached hydrogens (primary N) is 1. The minimum atomic E-state index is -0.0951. The van der Waals surface area contributed by atoms with Crippen molar-refractivity contribution in [3.63, 3.8) is 0 Å². The molecule has 4 nitrogen and oxygen atoms in total. The summed E-state index contributed by atoms with van der Waals surface area (Å²) in [6.07, 6.45) is 2.33. The summed E-state index contributed by atoms with van der Waals surface area (Å²) in [6, 6.07) is 7.98. The van der Waals surface area contributed by atoms with Crippen LogP contribution >= 0.6 is 0 Å². The number of hydrogen-bond acceptors (Lipinski definition) is 3. The molecule has 1 amide bonds. The van der Waals surface area contributed by atoms with Crippen LogP contribution in [0, 0.1) is 5.92 Å². The van der Waals surface area contributed by atoms with Crippen molar-refractivity contribution in [1.29, 1.82) is 0 Å². The third kappa shape index (κ3) is 4.23. The molecule has 0 bridgehead atoms. The normalized spacial score (nSPS) is 16.0. The van der Waals surface area contributed by atoms with Crippen LogP contribution in [0.2, 0.25) is 0 Å². The SMILES string of the molecule is CC(C)c1cccc(OCC(=O)NC(CN)C2CC2)c1. The molecule has 1 aliphatic carbocycles. The van der Waals surface area contributed by atoms with Gasteiger partial charge in [-0.1, -0.05) is 26.0 Å². The van der Waals surface area contributed by atoms with Gasteiger partial charge >= 0.3 is 0 Å². The molecule has 20 heavy (non-hydrogen) atoms. The summed E-state index contributed by atoms with van der Waals surface area (Å²) < 4.78 is 5.55. The van der Waals surface area contributed by atoms with Crippen molar-refractivity contribution in [3.8, 4) is 5.75 Å². The molecule has 0 heterocycles. The van der Waals surface area contributed by atoms with Crippen molar-refractivity contribution in [3.05, 3.63) is 29.8 Å². The molecule has 0 saturated heterocycles. The Hall–Kier alpha value is -1.55. The lowest BCUT2D eigenvalue weighted by Gasteiger charge is -2.16. The fourth-order valence-corrected chi connectivity index (χ4v) is 2.23. The van der Waals surface area contributed by atoms with Crippen LogP contribution < -0.4 is 15.8 Å². The summed E-state index contributed by atoms with van der Waals surface area (Å²) >= 11 is 0. The number of ether oxygens (including phenoxy) is 1. The molecule has 2 rings (SSSR count). The van der Waals surface area contributed by atoms with Gasteiger partial charge in [-0.25, -0.2) is 0 Å². The summed E-state index contributed by atoms with van der Waals surface area (Å²) in [4.78, 5) is 11.8. The van der Waals surface area contributed by atoms with E-state index < -0.39 is 0 Å². The van der Waals surface area contributed by atoms with Crippen LogP contribution in [0.4, 0.5) is 0 Å². The van der Waals surface area contributed by atoms with E-state index in [0.717, 1.165) is 5.75 Å². The summed E-state index contributed by atoms with van der Waals surface area (Å²) in [6.45, 7) is 4.81. The lowest BCUT2D eigenvalue weighted by atomic mass is 10.0. The van der Waals surface area contributed by atoms with Gasteiger partial charge in [-0.2, -0.15) is 0 Å². The smallest absolute Gasteiger partial charge is 0.258 e. The van der Waals surface area contributed by atoms with Crippen molar-refractivity contribution in [2.75, 3.05) is 13.2 Å². The zero-order valence-corrected chi connectivity index (χ0v) is 12.3. The van der Waals surface area contributed by atoms with E-state index in [0.29, 0.717) is 18.4 Å². The number of benzene rings is 1. The number of rotatable bonds is 7. The van der Waals surface area contributed by atoms with E-state index in [2.05, 4.69) is 25.2 Å². The number of carbonyl (C=O) groups excluding carboxylic acids is 1. The number of amides is 1. The van der Waals surface area contributed by atoms with Crippen molar-refractivity contribution in [2.24, 2.45) is 11.7 Å². The highest BCUT2D eigenvalue weighted by Gasteiger charge is 2.31. The molecule has 0 spiro atoms. The molecule has 0 aliphatic heterocycles. The molecule has 1 aromatic carbocycles. The predicted molar refractivity (Wildman–Crippen MR) is 79.7 cm³/mol. The molecule has 1 saturated carbocycles. The summed E-state index contributed by atoms with van der Waals surface area (Å²) in [5.74, 6) is 1.65. The minimum absolute atomic E-state index is 0.0464. The Morgan fingerprint density at radius 2 is 2.20 bits per heavy atom. The average Bonchev–Trinajstić information content (AvgIpc) is 3.27. The monoisotopic (exact) mass is 276 g/mol. The van der Waals surface area contributed by atoms with Gasteiger partial charge < -0.3 is 15.8 Å². The van der Waals surface area contributed by atoms with Crippen LogP contribution in [0.3, 0.4) is 0 Å². The van der Waals surface area contributed by atoms with E-state index in [1.54, 1.807) is 0 Å².